The molecule has 13 nitrogen and oxygen atoms in total. The smallest absolute Gasteiger partial charge is 0.407 e. The number of hydrogen-bond donors (Lipinski definition) is 5. The summed E-state index contributed by atoms with van der Waals surface area (Å²) in [6, 6.07) is 14.4. The predicted molar refractivity (Wildman–Crippen MR) is 191 cm³/mol. The minimum absolute atomic E-state index is 0.102. The number of thiazole rings is 1. The van der Waals surface area contributed by atoms with E-state index in [0.29, 0.717) is 0 Å². The Kier molecular flexibility index (Phi) is 15.3. The Bertz CT molecular complexity index is 1490. The maximum atomic E-state index is 13.7. The molecule has 0 radical (unpaired) electrons. The summed E-state index contributed by atoms with van der Waals surface area (Å²) in [5, 5.41) is 21.4. The van der Waals surface area contributed by atoms with Crippen LogP contribution >= 0.6 is 23.1 Å². The van der Waals surface area contributed by atoms with E-state index in [-0.39, 0.29) is 25.3 Å². The number of hydrogen-bond acceptors (Lipinski definition) is 11. The van der Waals surface area contributed by atoms with Crippen LogP contribution in [0.2, 0.25) is 0 Å². The molecule has 4 amide bonds. The number of aliphatic hydroxyl groups is 1. The fourth-order valence-electron chi connectivity index (χ4n) is 4.91. The summed E-state index contributed by atoms with van der Waals surface area (Å²) in [5.74, 6) is -0.740. The highest BCUT2D eigenvalue weighted by molar-refractivity contribution is 7.98. The summed E-state index contributed by atoms with van der Waals surface area (Å²) in [5.41, 5.74) is 6.61. The van der Waals surface area contributed by atoms with Crippen LogP contribution in [-0.4, -0.2) is 96.1 Å². The second-order valence-electron chi connectivity index (χ2n) is 12.4. The highest BCUT2D eigenvalue weighted by atomic mass is 32.2. The van der Waals surface area contributed by atoms with E-state index >= 15 is 0 Å². The molecule has 0 aliphatic carbocycles. The first-order valence-electron chi connectivity index (χ1n) is 15.6. The van der Waals surface area contributed by atoms with Crippen molar-refractivity contribution in [2.45, 2.75) is 58.0 Å². The number of aliphatic hydroxyl groups excluding tert-OH is 1. The van der Waals surface area contributed by atoms with Gasteiger partial charge in [-0.3, -0.25) is 20.0 Å². The minimum Gasteiger partial charge on any atom is -0.453 e. The van der Waals surface area contributed by atoms with Crippen molar-refractivity contribution >= 4 is 47.1 Å². The Labute approximate surface area is 295 Å². The van der Waals surface area contributed by atoms with Crippen LogP contribution in [0.25, 0.3) is 10.4 Å². The number of carbonyl (C=O) groups is 4. The summed E-state index contributed by atoms with van der Waals surface area (Å²) in [7, 11) is 2.43. The second kappa shape index (κ2) is 19.1. The summed E-state index contributed by atoms with van der Waals surface area (Å²) in [6.45, 7) is 5.51. The number of nitrogens with zero attached hydrogens (tertiary/aromatic N) is 2. The van der Waals surface area contributed by atoms with E-state index in [1.165, 1.54) is 37.3 Å². The highest BCUT2D eigenvalue weighted by Gasteiger charge is 2.36. The molecule has 15 heteroatoms. The van der Waals surface area contributed by atoms with E-state index in [9.17, 15) is 24.3 Å². The van der Waals surface area contributed by atoms with Gasteiger partial charge in [0.25, 0.3) is 5.91 Å². The quantitative estimate of drug-likeness (QED) is 0.138. The Balaban J connectivity index is 1.91. The molecule has 4 unspecified atom stereocenters. The van der Waals surface area contributed by atoms with Crippen molar-refractivity contribution in [1.82, 2.24) is 31.4 Å². The van der Waals surface area contributed by atoms with E-state index < -0.39 is 53.6 Å². The highest BCUT2D eigenvalue weighted by Crippen LogP contribution is 2.24. The Morgan fingerprint density at radius 1 is 0.918 bits per heavy atom. The molecular weight excluding hydrogens is 669 g/mol. The summed E-state index contributed by atoms with van der Waals surface area (Å²) in [6.07, 6.45) is 1.14. The standard InChI is InChI=1S/C34H46N6O7S2/c1-34(2,3)29(38-33(45)47-5)31(43)36-25(16-22-10-8-7-9-11-22)27(41)19-40(39-30(42)26(20-48-6)37-32(44)46-4)18-23-12-14-24(15-13-23)28-17-35-21-49-28/h7-15,17,21,25-27,29,41H,16,18-20H2,1-6H3,(H,36,43)(H,37,44)(H,38,45)(H,39,42). The first-order chi connectivity index (χ1) is 23.3. The third kappa shape index (κ3) is 12.7. The molecule has 49 heavy (non-hydrogen) atoms. The molecule has 0 aliphatic heterocycles. The van der Waals surface area contributed by atoms with E-state index in [2.05, 4.69) is 26.4 Å². The number of nitrogens with one attached hydrogen (secondary N) is 4. The maximum absolute atomic E-state index is 13.7. The number of thioether (sulfide) groups is 1. The average Bonchev–Trinajstić information content (AvgIpc) is 3.62. The number of alkyl carbamates (subject to hydrolysis) is 2. The van der Waals surface area contributed by atoms with Crippen molar-refractivity contribution in [2.75, 3.05) is 32.8 Å². The molecule has 266 valence electrons. The van der Waals surface area contributed by atoms with Crippen LogP contribution in [0, 0.1) is 5.41 Å². The number of rotatable bonds is 16. The van der Waals surface area contributed by atoms with Crippen molar-refractivity contribution in [2.24, 2.45) is 5.41 Å². The van der Waals surface area contributed by atoms with Gasteiger partial charge < -0.3 is 30.5 Å². The zero-order valence-corrected chi connectivity index (χ0v) is 30.2. The summed E-state index contributed by atoms with van der Waals surface area (Å²) in [4.78, 5) is 56.5. The van der Waals surface area contributed by atoms with Crippen molar-refractivity contribution in [3.8, 4) is 10.4 Å². The van der Waals surface area contributed by atoms with Gasteiger partial charge in [-0.05, 0) is 34.8 Å². The van der Waals surface area contributed by atoms with E-state index in [4.69, 9.17) is 9.47 Å². The molecule has 4 atom stereocenters. The van der Waals surface area contributed by atoms with Gasteiger partial charge in [0, 0.05) is 25.0 Å². The molecule has 0 spiro atoms. The molecule has 3 rings (SSSR count). The van der Waals surface area contributed by atoms with Crippen molar-refractivity contribution in [1.29, 1.82) is 0 Å². The first kappa shape index (κ1) is 39.3. The largest absolute Gasteiger partial charge is 0.453 e. The zero-order chi connectivity index (χ0) is 36.0. The number of aromatic nitrogens is 1. The van der Waals surface area contributed by atoms with Gasteiger partial charge in [-0.15, -0.1) is 11.3 Å². The van der Waals surface area contributed by atoms with Crippen LogP contribution in [0.3, 0.4) is 0 Å². The van der Waals surface area contributed by atoms with Gasteiger partial charge >= 0.3 is 12.2 Å². The molecule has 0 saturated carbocycles. The lowest BCUT2D eigenvalue weighted by molar-refractivity contribution is -0.130. The lowest BCUT2D eigenvalue weighted by Crippen LogP contribution is -2.60. The molecule has 2 aromatic carbocycles. The maximum Gasteiger partial charge on any atom is 0.407 e. The normalized spacial score (nSPS) is 13.8. The molecule has 0 bridgehead atoms. The minimum atomic E-state index is -1.20. The molecule has 0 saturated heterocycles. The lowest BCUT2D eigenvalue weighted by Gasteiger charge is -2.34. The second-order valence-corrected chi connectivity index (χ2v) is 14.2. The lowest BCUT2D eigenvalue weighted by atomic mass is 9.85. The first-order valence-corrected chi connectivity index (χ1v) is 17.9. The van der Waals surface area contributed by atoms with E-state index in [1.807, 2.05) is 60.9 Å². The molecule has 3 aromatic rings. The SMILES string of the molecule is COC(=O)NC(CSC)C(=O)NN(Cc1ccc(-c2cncs2)cc1)CC(O)C(Cc1ccccc1)NC(=O)C(NC(=O)OC)C(C)(C)C. The topological polar surface area (TPSA) is 171 Å². The predicted octanol–water partition coefficient (Wildman–Crippen LogP) is 3.59. The average molecular weight is 715 g/mol. The molecular formula is C34H46N6O7S2. The fraction of sp³-hybridized carbons (Fsp3) is 0.441. The fourth-order valence-corrected chi connectivity index (χ4v) is 6.11. The van der Waals surface area contributed by atoms with Gasteiger partial charge in [0.1, 0.15) is 12.1 Å². The summed E-state index contributed by atoms with van der Waals surface area (Å²) >= 11 is 2.89. The van der Waals surface area contributed by atoms with Gasteiger partial charge in [0.15, 0.2) is 0 Å². The van der Waals surface area contributed by atoms with Crippen LogP contribution in [0.5, 0.6) is 0 Å². The Hall–Kier alpha value is -4.18. The van der Waals surface area contributed by atoms with E-state index in [0.717, 1.165) is 21.6 Å². The molecule has 0 aliphatic rings. The van der Waals surface area contributed by atoms with Gasteiger partial charge in [0.2, 0.25) is 5.91 Å². The third-order valence-electron chi connectivity index (χ3n) is 7.51. The number of ether oxygens (including phenoxy) is 2. The van der Waals surface area contributed by atoms with Crippen LogP contribution in [0.4, 0.5) is 9.59 Å². The van der Waals surface area contributed by atoms with Crippen LogP contribution in [0.1, 0.15) is 31.9 Å². The van der Waals surface area contributed by atoms with Crippen LogP contribution in [-0.2, 0) is 32.0 Å². The molecule has 0 fully saturated rings. The molecule has 1 heterocycles. The number of methoxy groups -OCH3 is 2. The number of hydrazine groups is 1. The third-order valence-corrected chi connectivity index (χ3v) is 9.00. The van der Waals surface area contributed by atoms with Crippen LogP contribution in [0.15, 0.2) is 66.3 Å². The molecule has 5 N–H and O–H groups in total. The number of amides is 4. The van der Waals surface area contributed by atoms with Crippen LogP contribution < -0.4 is 21.4 Å². The van der Waals surface area contributed by atoms with Gasteiger partial charge in [-0.2, -0.15) is 11.8 Å². The number of carbonyl (C=O) groups excluding carboxylic acids is 4. The Morgan fingerprint density at radius 2 is 1.57 bits per heavy atom. The van der Waals surface area contributed by atoms with Gasteiger partial charge in [-0.25, -0.2) is 14.6 Å². The van der Waals surface area contributed by atoms with Crippen molar-refractivity contribution in [3.63, 3.8) is 0 Å². The number of benzene rings is 2. The van der Waals surface area contributed by atoms with Crippen molar-refractivity contribution in [3.05, 3.63) is 77.4 Å². The monoisotopic (exact) mass is 714 g/mol. The van der Waals surface area contributed by atoms with Gasteiger partial charge in [-0.1, -0.05) is 75.4 Å². The Morgan fingerprint density at radius 3 is 2.14 bits per heavy atom. The molecule has 1 aromatic heterocycles. The van der Waals surface area contributed by atoms with E-state index in [1.54, 1.807) is 37.5 Å². The zero-order valence-electron chi connectivity index (χ0n) is 28.6. The summed E-state index contributed by atoms with van der Waals surface area (Å²) < 4.78 is 9.46. The van der Waals surface area contributed by atoms with Crippen molar-refractivity contribution < 1.29 is 33.8 Å². The van der Waals surface area contributed by atoms with Gasteiger partial charge in [0.05, 0.1) is 36.8 Å².